The lowest BCUT2D eigenvalue weighted by atomic mass is 10.1. The second-order valence-electron chi connectivity index (χ2n) is 5.29. The van der Waals surface area contributed by atoms with Crippen molar-refractivity contribution in [3.05, 3.63) is 24.3 Å². The Morgan fingerprint density at radius 3 is 2.46 bits per heavy atom. The molecule has 1 aromatic rings. The number of methoxy groups -OCH3 is 2. The summed E-state index contributed by atoms with van der Waals surface area (Å²) in [4.78, 5) is 38.8. The molecule has 1 aliphatic rings. The minimum Gasteiger partial charge on any atom is -0.497 e. The van der Waals surface area contributed by atoms with Gasteiger partial charge < -0.3 is 24.6 Å². The van der Waals surface area contributed by atoms with Crippen LogP contribution in [0.2, 0.25) is 0 Å². The Hall–Kier alpha value is -2.77. The molecule has 1 aliphatic heterocycles. The van der Waals surface area contributed by atoms with Crippen LogP contribution < -0.4 is 15.0 Å². The Balaban J connectivity index is 2.01. The molecule has 1 unspecified atom stereocenters. The summed E-state index contributed by atoms with van der Waals surface area (Å²) in [5.74, 6) is -0.0149. The Morgan fingerprint density at radius 2 is 1.88 bits per heavy atom. The molecule has 1 N–H and O–H groups in total. The highest BCUT2D eigenvalue weighted by Crippen LogP contribution is 2.23. The number of hydrogen-bond donors (Lipinski definition) is 1. The molecule has 130 valence electrons. The third kappa shape index (κ3) is 3.76. The van der Waals surface area contributed by atoms with Crippen LogP contribution in [0.5, 0.6) is 5.75 Å². The molecule has 1 atom stereocenters. The van der Waals surface area contributed by atoms with Crippen LogP contribution in [0.4, 0.5) is 10.5 Å². The SMILES string of the molecule is COC(=O)CNC(=O)N1CCN(c2ccc(OC)cc2)C(=O)C1C. The highest BCUT2D eigenvalue weighted by molar-refractivity contribution is 6.00. The molecule has 0 spiro atoms. The van der Waals surface area contributed by atoms with Gasteiger partial charge >= 0.3 is 12.0 Å². The van der Waals surface area contributed by atoms with E-state index in [9.17, 15) is 14.4 Å². The van der Waals surface area contributed by atoms with Crippen molar-refractivity contribution in [3.8, 4) is 5.75 Å². The monoisotopic (exact) mass is 335 g/mol. The zero-order chi connectivity index (χ0) is 17.7. The molecule has 1 aromatic carbocycles. The highest BCUT2D eigenvalue weighted by Gasteiger charge is 2.35. The minimum atomic E-state index is -0.626. The zero-order valence-electron chi connectivity index (χ0n) is 13.9. The molecule has 0 saturated carbocycles. The average molecular weight is 335 g/mol. The van der Waals surface area contributed by atoms with E-state index < -0.39 is 18.0 Å². The minimum absolute atomic E-state index is 0.181. The van der Waals surface area contributed by atoms with E-state index in [1.807, 2.05) is 0 Å². The number of hydrogen-bond acceptors (Lipinski definition) is 5. The maximum absolute atomic E-state index is 12.6. The molecule has 8 heteroatoms. The summed E-state index contributed by atoms with van der Waals surface area (Å²) in [5, 5.41) is 2.45. The largest absolute Gasteiger partial charge is 0.497 e. The lowest BCUT2D eigenvalue weighted by Crippen LogP contribution is -2.60. The summed E-state index contributed by atoms with van der Waals surface area (Å²) in [6, 6.07) is 6.08. The van der Waals surface area contributed by atoms with Crippen LogP contribution in [-0.4, -0.2) is 62.7 Å². The topological polar surface area (TPSA) is 88.2 Å². The van der Waals surface area contributed by atoms with Crippen molar-refractivity contribution in [2.75, 3.05) is 38.8 Å². The van der Waals surface area contributed by atoms with Crippen molar-refractivity contribution in [3.63, 3.8) is 0 Å². The number of amides is 3. The van der Waals surface area contributed by atoms with Gasteiger partial charge in [-0.1, -0.05) is 0 Å². The number of nitrogens with zero attached hydrogens (tertiary/aromatic N) is 2. The van der Waals surface area contributed by atoms with E-state index in [1.54, 1.807) is 43.2 Å². The van der Waals surface area contributed by atoms with Crippen molar-refractivity contribution >= 4 is 23.6 Å². The fourth-order valence-electron chi connectivity index (χ4n) is 2.49. The maximum Gasteiger partial charge on any atom is 0.325 e. The first-order valence-corrected chi connectivity index (χ1v) is 7.54. The molecule has 0 aliphatic carbocycles. The van der Waals surface area contributed by atoms with Gasteiger partial charge in [-0.2, -0.15) is 0 Å². The molecular formula is C16H21N3O5. The summed E-state index contributed by atoms with van der Waals surface area (Å²) in [5.41, 5.74) is 0.752. The van der Waals surface area contributed by atoms with Crippen LogP contribution in [0.1, 0.15) is 6.92 Å². The number of rotatable bonds is 4. The van der Waals surface area contributed by atoms with E-state index in [-0.39, 0.29) is 12.5 Å². The number of ether oxygens (including phenoxy) is 2. The van der Waals surface area contributed by atoms with Crippen LogP contribution in [0.3, 0.4) is 0 Å². The van der Waals surface area contributed by atoms with Crippen LogP contribution in [0, 0.1) is 0 Å². The molecule has 0 aromatic heterocycles. The Bertz CT molecular complexity index is 617. The standard InChI is InChI=1S/C16H21N3O5/c1-11-15(21)19(12-4-6-13(23-2)7-5-12)9-8-18(11)16(22)17-10-14(20)24-3/h4-7,11H,8-10H2,1-3H3,(H,17,22). The maximum atomic E-state index is 12.6. The normalized spacial score (nSPS) is 17.5. The van der Waals surface area contributed by atoms with Gasteiger partial charge in [0, 0.05) is 18.8 Å². The number of carbonyl (C=O) groups excluding carboxylic acids is 3. The van der Waals surface area contributed by atoms with Gasteiger partial charge in [0.1, 0.15) is 18.3 Å². The average Bonchev–Trinajstić information content (AvgIpc) is 2.61. The van der Waals surface area contributed by atoms with Gasteiger partial charge in [-0.25, -0.2) is 4.79 Å². The lowest BCUT2D eigenvalue weighted by molar-refractivity contribution is -0.139. The first kappa shape index (κ1) is 17.6. The first-order chi connectivity index (χ1) is 11.5. The Morgan fingerprint density at radius 1 is 1.21 bits per heavy atom. The summed E-state index contributed by atoms with van der Waals surface area (Å²) in [7, 11) is 2.82. The number of carbonyl (C=O) groups is 3. The first-order valence-electron chi connectivity index (χ1n) is 7.54. The lowest BCUT2D eigenvalue weighted by Gasteiger charge is -2.39. The van der Waals surface area contributed by atoms with Gasteiger partial charge in [0.2, 0.25) is 5.91 Å². The molecule has 1 fully saturated rings. The van der Waals surface area contributed by atoms with Crippen LogP contribution >= 0.6 is 0 Å². The number of nitrogens with one attached hydrogen (secondary N) is 1. The number of esters is 1. The Kier molecular flexibility index (Phi) is 5.62. The third-order valence-corrected chi connectivity index (χ3v) is 3.91. The second-order valence-corrected chi connectivity index (χ2v) is 5.29. The summed E-state index contributed by atoms with van der Waals surface area (Å²) >= 11 is 0. The van der Waals surface area contributed by atoms with E-state index in [1.165, 1.54) is 12.0 Å². The van der Waals surface area contributed by atoms with Crippen LogP contribution in [0.15, 0.2) is 24.3 Å². The van der Waals surface area contributed by atoms with Gasteiger partial charge in [0.25, 0.3) is 0 Å². The fourth-order valence-corrected chi connectivity index (χ4v) is 2.49. The molecule has 1 saturated heterocycles. The van der Waals surface area contributed by atoms with Gasteiger partial charge in [0.05, 0.1) is 14.2 Å². The molecule has 1 heterocycles. The predicted molar refractivity (Wildman–Crippen MR) is 86.9 cm³/mol. The van der Waals surface area contributed by atoms with Gasteiger partial charge in [-0.15, -0.1) is 0 Å². The highest BCUT2D eigenvalue weighted by atomic mass is 16.5. The molecule has 2 rings (SSSR count). The van der Waals surface area contributed by atoms with Crippen LogP contribution in [-0.2, 0) is 14.3 Å². The van der Waals surface area contributed by atoms with E-state index in [4.69, 9.17) is 4.74 Å². The van der Waals surface area contributed by atoms with E-state index in [2.05, 4.69) is 10.1 Å². The number of benzene rings is 1. The van der Waals surface area contributed by atoms with Crippen molar-refractivity contribution in [1.29, 1.82) is 0 Å². The quantitative estimate of drug-likeness (QED) is 0.815. The predicted octanol–water partition coefficient (Wildman–Crippen LogP) is 0.615. The molecule has 3 amide bonds. The molecule has 0 bridgehead atoms. The summed E-state index contributed by atoms with van der Waals surface area (Å²) < 4.78 is 9.58. The zero-order valence-corrected chi connectivity index (χ0v) is 13.9. The summed E-state index contributed by atoms with van der Waals surface area (Å²) in [6.07, 6.45) is 0. The van der Waals surface area contributed by atoms with Gasteiger partial charge in [-0.05, 0) is 31.2 Å². The van der Waals surface area contributed by atoms with E-state index in [0.29, 0.717) is 18.8 Å². The van der Waals surface area contributed by atoms with E-state index >= 15 is 0 Å². The van der Waals surface area contributed by atoms with Crippen molar-refractivity contribution in [2.45, 2.75) is 13.0 Å². The molecule has 0 radical (unpaired) electrons. The van der Waals surface area contributed by atoms with Crippen LogP contribution in [0.25, 0.3) is 0 Å². The number of piperazine rings is 1. The second kappa shape index (κ2) is 7.67. The van der Waals surface area contributed by atoms with Gasteiger partial charge in [0.15, 0.2) is 0 Å². The molecular weight excluding hydrogens is 314 g/mol. The number of anilines is 1. The number of urea groups is 1. The smallest absolute Gasteiger partial charge is 0.325 e. The van der Waals surface area contributed by atoms with Crippen molar-refractivity contribution in [2.24, 2.45) is 0 Å². The molecule has 8 nitrogen and oxygen atoms in total. The summed E-state index contributed by atoms with van der Waals surface area (Å²) in [6.45, 7) is 2.18. The molecule has 24 heavy (non-hydrogen) atoms. The van der Waals surface area contributed by atoms with Crippen molar-refractivity contribution in [1.82, 2.24) is 10.2 Å². The van der Waals surface area contributed by atoms with Gasteiger partial charge in [-0.3, -0.25) is 9.59 Å². The van der Waals surface area contributed by atoms with E-state index in [0.717, 1.165) is 5.69 Å². The fraction of sp³-hybridized carbons (Fsp3) is 0.438. The Labute approximate surface area is 140 Å². The van der Waals surface area contributed by atoms with Crippen molar-refractivity contribution < 1.29 is 23.9 Å². The third-order valence-electron chi connectivity index (χ3n) is 3.91.